The molecule has 1 aliphatic carbocycles. The average molecular weight is 217 g/mol. The van der Waals surface area contributed by atoms with Crippen molar-refractivity contribution in [2.24, 2.45) is 5.92 Å². The van der Waals surface area contributed by atoms with Crippen LogP contribution in [0.1, 0.15) is 51.9 Å². The largest absolute Gasteiger partial charge is 0.311 e. The highest BCUT2D eigenvalue weighted by Gasteiger charge is 2.39. The molecule has 0 bridgehead atoms. The zero-order chi connectivity index (χ0) is 10.9. The van der Waals surface area contributed by atoms with Gasteiger partial charge >= 0.3 is 0 Å². The normalized spacial score (nSPS) is 37.0. The van der Waals surface area contributed by atoms with Crippen molar-refractivity contribution in [3.8, 4) is 0 Å². The molecule has 1 saturated carbocycles. The van der Waals surface area contributed by atoms with Crippen molar-refractivity contribution in [3.05, 3.63) is 0 Å². The molecule has 1 heterocycles. The number of rotatable bonds is 2. The molecule has 2 fully saturated rings. The van der Waals surface area contributed by atoms with Crippen molar-refractivity contribution >= 4 is 0 Å². The molecule has 1 aliphatic heterocycles. The molecule has 1 N–H and O–H groups in total. The van der Waals surface area contributed by atoms with Crippen molar-refractivity contribution in [2.45, 2.75) is 69.9 Å². The molecule has 2 atom stereocenters. The molecule has 0 aromatic heterocycles. The Morgan fingerprint density at radius 2 is 1.80 bits per heavy atom. The van der Waals surface area contributed by atoms with Crippen LogP contribution in [0.2, 0.25) is 0 Å². The molecule has 1 unspecified atom stereocenters. The molecule has 2 aliphatic rings. The predicted octanol–water partition coefficient (Wildman–Crippen LogP) is 3.34. The lowest BCUT2D eigenvalue weighted by Crippen LogP contribution is -2.38. The standard InChI is InChI=1S/C12H21F2N/c1-2-10-3-4-11(15-10)9-5-7-12(13,14)8-6-9/h9-11,15H,2-8H2,1H3/t10-,11?/m0/s1. The number of hydrogen-bond acceptors (Lipinski definition) is 1. The lowest BCUT2D eigenvalue weighted by atomic mass is 9.81. The summed E-state index contributed by atoms with van der Waals surface area (Å²) in [5.41, 5.74) is 0. The maximum Gasteiger partial charge on any atom is 0.248 e. The second-order valence-corrected chi connectivity index (χ2v) is 5.15. The lowest BCUT2D eigenvalue weighted by Gasteiger charge is -2.32. The van der Waals surface area contributed by atoms with E-state index in [4.69, 9.17) is 0 Å². The first-order chi connectivity index (χ1) is 7.11. The van der Waals surface area contributed by atoms with Gasteiger partial charge in [0, 0.05) is 24.9 Å². The Hall–Kier alpha value is -0.180. The quantitative estimate of drug-likeness (QED) is 0.748. The van der Waals surface area contributed by atoms with E-state index in [2.05, 4.69) is 12.2 Å². The highest BCUT2D eigenvalue weighted by atomic mass is 19.3. The molecular formula is C12H21F2N. The van der Waals surface area contributed by atoms with E-state index in [9.17, 15) is 8.78 Å². The summed E-state index contributed by atoms with van der Waals surface area (Å²) < 4.78 is 26.0. The molecule has 88 valence electrons. The fraction of sp³-hybridized carbons (Fsp3) is 1.00. The van der Waals surface area contributed by atoms with Crippen molar-refractivity contribution in [2.75, 3.05) is 0 Å². The maximum atomic E-state index is 13.0. The molecule has 3 heteroatoms. The highest BCUT2D eigenvalue weighted by Crippen LogP contribution is 2.39. The van der Waals surface area contributed by atoms with Gasteiger partial charge in [0.15, 0.2) is 0 Å². The van der Waals surface area contributed by atoms with Gasteiger partial charge in [-0.05, 0) is 38.0 Å². The van der Waals surface area contributed by atoms with Crippen molar-refractivity contribution < 1.29 is 8.78 Å². The minimum absolute atomic E-state index is 0.104. The fourth-order valence-electron chi connectivity index (χ4n) is 3.01. The Morgan fingerprint density at radius 1 is 1.13 bits per heavy atom. The topological polar surface area (TPSA) is 12.0 Å². The van der Waals surface area contributed by atoms with E-state index in [0.29, 0.717) is 30.8 Å². The van der Waals surface area contributed by atoms with E-state index in [1.165, 1.54) is 19.3 Å². The van der Waals surface area contributed by atoms with E-state index in [-0.39, 0.29) is 12.8 Å². The van der Waals surface area contributed by atoms with Crippen LogP contribution in [0.25, 0.3) is 0 Å². The molecule has 0 aromatic rings. The third-order valence-corrected chi connectivity index (χ3v) is 4.10. The van der Waals surface area contributed by atoms with Gasteiger partial charge in [-0.1, -0.05) is 6.92 Å². The van der Waals surface area contributed by atoms with E-state index in [1.54, 1.807) is 0 Å². The molecule has 0 aromatic carbocycles. The van der Waals surface area contributed by atoms with E-state index in [0.717, 1.165) is 0 Å². The van der Waals surface area contributed by atoms with Crippen LogP contribution in [-0.2, 0) is 0 Å². The minimum atomic E-state index is -2.38. The summed E-state index contributed by atoms with van der Waals surface area (Å²) in [5, 5.41) is 3.59. The van der Waals surface area contributed by atoms with Crippen LogP contribution >= 0.6 is 0 Å². The van der Waals surface area contributed by atoms with Gasteiger partial charge in [-0.3, -0.25) is 0 Å². The number of alkyl halides is 2. The first-order valence-electron chi connectivity index (χ1n) is 6.24. The first kappa shape index (κ1) is 11.3. The van der Waals surface area contributed by atoms with Gasteiger partial charge in [-0.2, -0.15) is 0 Å². The third-order valence-electron chi connectivity index (χ3n) is 4.10. The molecule has 2 rings (SSSR count). The molecule has 1 saturated heterocycles. The minimum Gasteiger partial charge on any atom is -0.311 e. The highest BCUT2D eigenvalue weighted by molar-refractivity contribution is 4.90. The van der Waals surface area contributed by atoms with Gasteiger partial charge < -0.3 is 5.32 Å². The van der Waals surface area contributed by atoms with Crippen LogP contribution in [-0.4, -0.2) is 18.0 Å². The number of nitrogens with one attached hydrogen (secondary N) is 1. The summed E-state index contributed by atoms with van der Waals surface area (Å²) in [7, 11) is 0. The Morgan fingerprint density at radius 3 is 2.33 bits per heavy atom. The Kier molecular flexibility index (Phi) is 3.29. The molecule has 0 amide bonds. The third kappa shape index (κ3) is 2.68. The Labute approximate surface area is 90.6 Å². The van der Waals surface area contributed by atoms with Gasteiger partial charge in [0.1, 0.15) is 0 Å². The van der Waals surface area contributed by atoms with Crippen LogP contribution in [0.15, 0.2) is 0 Å². The monoisotopic (exact) mass is 217 g/mol. The fourth-order valence-corrected chi connectivity index (χ4v) is 3.01. The van der Waals surface area contributed by atoms with Crippen molar-refractivity contribution in [3.63, 3.8) is 0 Å². The van der Waals surface area contributed by atoms with Gasteiger partial charge in [-0.25, -0.2) is 8.78 Å². The van der Waals surface area contributed by atoms with Gasteiger partial charge in [0.25, 0.3) is 0 Å². The summed E-state index contributed by atoms with van der Waals surface area (Å²) in [6.07, 6.45) is 5.21. The van der Waals surface area contributed by atoms with Gasteiger partial charge in [0.2, 0.25) is 5.92 Å². The summed E-state index contributed by atoms with van der Waals surface area (Å²) >= 11 is 0. The predicted molar refractivity (Wildman–Crippen MR) is 57.1 cm³/mol. The SMILES string of the molecule is CC[C@H]1CCC(C2CCC(F)(F)CC2)N1. The van der Waals surface area contributed by atoms with Gasteiger partial charge in [-0.15, -0.1) is 0 Å². The summed E-state index contributed by atoms with van der Waals surface area (Å²) in [6.45, 7) is 2.19. The zero-order valence-corrected chi connectivity index (χ0v) is 9.44. The molecule has 0 radical (unpaired) electrons. The van der Waals surface area contributed by atoms with Crippen LogP contribution in [0.4, 0.5) is 8.78 Å². The van der Waals surface area contributed by atoms with E-state index >= 15 is 0 Å². The first-order valence-corrected chi connectivity index (χ1v) is 6.24. The van der Waals surface area contributed by atoms with Crippen molar-refractivity contribution in [1.29, 1.82) is 0 Å². The van der Waals surface area contributed by atoms with Crippen molar-refractivity contribution in [1.82, 2.24) is 5.32 Å². The van der Waals surface area contributed by atoms with E-state index < -0.39 is 5.92 Å². The molecule has 15 heavy (non-hydrogen) atoms. The summed E-state index contributed by atoms with van der Waals surface area (Å²) in [6, 6.07) is 1.16. The van der Waals surface area contributed by atoms with Crippen LogP contribution in [0.5, 0.6) is 0 Å². The van der Waals surface area contributed by atoms with E-state index in [1.807, 2.05) is 0 Å². The summed E-state index contributed by atoms with van der Waals surface area (Å²) in [4.78, 5) is 0. The second-order valence-electron chi connectivity index (χ2n) is 5.15. The number of halogens is 2. The maximum absolute atomic E-state index is 13.0. The Bertz CT molecular complexity index is 208. The van der Waals surface area contributed by atoms with Crippen LogP contribution in [0.3, 0.4) is 0 Å². The molecular weight excluding hydrogens is 196 g/mol. The average Bonchev–Trinajstić information content (AvgIpc) is 2.66. The Balaban J connectivity index is 1.81. The second kappa shape index (κ2) is 4.36. The number of hydrogen-bond donors (Lipinski definition) is 1. The molecule has 1 nitrogen and oxygen atoms in total. The zero-order valence-electron chi connectivity index (χ0n) is 9.44. The van der Waals surface area contributed by atoms with Crippen LogP contribution in [0, 0.1) is 5.92 Å². The lowest BCUT2D eigenvalue weighted by molar-refractivity contribution is -0.0490. The van der Waals surface area contributed by atoms with Crippen LogP contribution < -0.4 is 5.32 Å². The van der Waals surface area contributed by atoms with Gasteiger partial charge in [0.05, 0.1) is 0 Å². The smallest absolute Gasteiger partial charge is 0.248 e. The molecule has 0 spiro atoms. The summed E-state index contributed by atoms with van der Waals surface area (Å²) in [5.74, 6) is -1.87.